The van der Waals surface area contributed by atoms with Crippen LogP contribution in [-0.2, 0) is 6.42 Å². The molecule has 1 aliphatic heterocycles. The van der Waals surface area contributed by atoms with Gasteiger partial charge in [-0.2, -0.15) is 0 Å². The number of hydrogen-bond donors (Lipinski definition) is 1. The Morgan fingerprint density at radius 3 is 2.58 bits per heavy atom. The molecular weight excluding hydrogens is 234 g/mol. The Bertz CT molecular complexity index is 443. The van der Waals surface area contributed by atoms with Crippen LogP contribution in [0.5, 0.6) is 0 Å². The Kier molecular flexibility index (Phi) is 3.30. The van der Waals surface area contributed by atoms with Gasteiger partial charge in [-0.25, -0.2) is 0 Å². The summed E-state index contributed by atoms with van der Waals surface area (Å²) in [7, 11) is 0. The molecule has 1 aromatic carbocycles. The fourth-order valence-corrected chi connectivity index (χ4v) is 3.78. The summed E-state index contributed by atoms with van der Waals surface area (Å²) < 4.78 is 0. The maximum Gasteiger partial charge on any atom is 0.0797 e. The van der Waals surface area contributed by atoms with Crippen molar-refractivity contribution < 1.29 is 5.11 Å². The number of rotatable bonds is 3. The van der Waals surface area contributed by atoms with Gasteiger partial charge in [0.2, 0.25) is 0 Å². The minimum atomic E-state index is -0.641. The lowest BCUT2D eigenvalue weighted by atomic mass is 9.94. The average Bonchev–Trinajstić information content (AvgIpc) is 2.97. The monoisotopic (exact) mass is 259 g/mol. The Labute approximate surface area is 116 Å². The van der Waals surface area contributed by atoms with Crippen LogP contribution in [-0.4, -0.2) is 23.3 Å². The van der Waals surface area contributed by atoms with Gasteiger partial charge in [-0.15, -0.1) is 0 Å². The molecule has 1 N–H and O–H groups in total. The third kappa shape index (κ3) is 2.51. The largest absolute Gasteiger partial charge is 0.388 e. The van der Waals surface area contributed by atoms with E-state index < -0.39 is 5.60 Å². The molecule has 0 saturated heterocycles. The van der Waals surface area contributed by atoms with Crippen LogP contribution in [0.3, 0.4) is 0 Å². The van der Waals surface area contributed by atoms with E-state index in [0.29, 0.717) is 0 Å². The molecule has 3 rings (SSSR count). The predicted molar refractivity (Wildman–Crippen MR) is 79.5 cm³/mol. The summed E-state index contributed by atoms with van der Waals surface area (Å²) in [6.07, 6.45) is 6.46. The molecule has 2 nitrogen and oxygen atoms in total. The number of para-hydroxylation sites is 1. The molecule has 0 bridgehead atoms. The summed E-state index contributed by atoms with van der Waals surface area (Å²) in [5, 5.41) is 10.5. The second-order valence-electron chi connectivity index (χ2n) is 6.81. The zero-order valence-electron chi connectivity index (χ0n) is 12.1. The van der Waals surface area contributed by atoms with Crippen LogP contribution in [0, 0.1) is 5.92 Å². The van der Waals surface area contributed by atoms with Crippen LogP contribution < -0.4 is 4.90 Å². The Hall–Kier alpha value is -1.02. The van der Waals surface area contributed by atoms with Crippen molar-refractivity contribution in [1.82, 2.24) is 0 Å². The van der Waals surface area contributed by atoms with Crippen LogP contribution >= 0.6 is 0 Å². The lowest BCUT2D eigenvalue weighted by Gasteiger charge is -2.37. The molecule has 1 heterocycles. The Morgan fingerprint density at radius 1 is 1.21 bits per heavy atom. The quantitative estimate of drug-likeness (QED) is 0.899. The normalized spacial score (nSPS) is 23.9. The smallest absolute Gasteiger partial charge is 0.0797 e. The predicted octanol–water partition coefficient (Wildman–Crippen LogP) is 3.38. The number of aliphatic hydroxyl groups is 1. The summed E-state index contributed by atoms with van der Waals surface area (Å²) in [6, 6.07) is 8.89. The van der Waals surface area contributed by atoms with Gasteiger partial charge in [-0.05, 0) is 50.7 Å². The second-order valence-corrected chi connectivity index (χ2v) is 6.81. The van der Waals surface area contributed by atoms with E-state index in [-0.39, 0.29) is 6.04 Å². The molecule has 0 spiro atoms. The van der Waals surface area contributed by atoms with E-state index in [4.69, 9.17) is 0 Å². The van der Waals surface area contributed by atoms with E-state index in [1.54, 1.807) is 0 Å². The first-order valence-corrected chi connectivity index (χ1v) is 7.62. The van der Waals surface area contributed by atoms with Crippen LogP contribution in [0.1, 0.15) is 45.1 Å². The fraction of sp³-hybridized carbons (Fsp3) is 0.647. The van der Waals surface area contributed by atoms with E-state index in [2.05, 4.69) is 29.2 Å². The van der Waals surface area contributed by atoms with Crippen molar-refractivity contribution in [2.24, 2.45) is 5.92 Å². The number of nitrogens with zero attached hydrogens (tertiary/aromatic N) is 1. The van der Waals surface area contributed by atoms with E-state index in [0.717, 1.165) is 18.9 Å². The van der Waals surface area contributed by atoms with Gasteiger partial charge in [0, 0.05) is 12.2 Å². The van der Waals surface area contributed by atoms with Crippen LogP contribution in [0.4, 0.5) is 5.69 Å². The standard InChI is InChI=1S/C17H25NO/c1-17(2,19)16-11-14-9-5-6-10-15(14)18(16)12-13-7-3-4-8-13/h5-6,9-10,13,16,19H,3-4,7-8,11-12H2,1-2H3. The summed E-state index contributed by atoms with van der Waals surface area (Å²) in [5.74, 6) is 0.816. The Morgan fingerprint density at radius 2 is 1.89 bits per heavy atom. The highest BCUT2D eigenvalue weighted by Crippen LogP contribution is 2.38. The first kappa shape index (κ1) is 13.0. The molecule has 1 atom stereocenters. The number of anilines is 1. The van der Waals surface area contributed by atoms with Crippen LogP contribution in [0.2, 0.25) is 0 Å². The van der Waals surface area contributed by atoms with Crippen LogP contribution in [0.25, 0.3) is 0 Å². The van der Waals surface area contributed by atoms with Crippen molar-refractivity contribution in [3.05, 3.63) is 29.8 Å². The molecule has 1 unspecified atom stereocenters. The van der Waals surface area contributed by atoms with Gasteiger partial charge in [0.1, 0.15) is 0 Å². The summed E-state index contributed by atoms with van der Waals surface area (Å²) >= 11 is 0. The Balaban J connectivity index is 1.86. The molecule has 104 valence electrons. The molecule has 1 aromatic rings. The van der Waals surface area contributed by atoms with Crippen molar-refractivity contribution in [1.29, 1.82) is 0 Å². The first-order valence-electron chi connectivity index (χ1n) is 7.62. The number of fused-ring (bicyclic) bond motifs is 1. The summed E-state index contributed by atoms with van der Waals surface area (Å²) in [5.41, 5.74) is 2.10. The maximum absolute atomic E-state index is 10.5. The molecular formula is C17H25NO. The summed E-state index contributed by atoms with van der Waals surface area (Å²) in [6.45, 7) is 5.02. The highest BCUT2D eigenvalue weighted by atomic mass is 16.3. The topological polar surface area (TPSA) is 23.5 Å². The highest BCUT2D eigenvalue weighted by Gasteiger charge is 2.39. The second kappa shape index (κ2) is 4.82. The molecule has 2 aliphatic rings. The average molecular weight is 259 g/mol. The van der Waals surface area contributed by atoms with Gasteiger partial charge < -0.3 is 10.0 Å². The lowest BCUT2D eigenvalue weighted by molar-refractivity contribution is 0.0507. The number of benzene rings is 1. The molecule has 0 aromatic heterocycles. The third-order valence-corrected chi connectivity index (χ3v) is 4.84. The minimum absolute atomic E-state index is 0.227. The molecule has 1 fully saturated rings. The van der Waals surface area contributed by atoms with Gasteiger partial charge in [0.15, 0.2) is 0 Å². The number of hydrogen-bond acceptors (Lipinski definition) is 2. The van der Waals surface area contributed by atoms with E-state index >= 15 is 0 Å². The molecule has 19 heavy (non-hydrogen) atoms. The van der Waals surface area contributed by atoms with Gasteiger partial charge in [0.25, 0.3) is 0 Å². The first-order chi connectivity index (χ1) is 9.05. The highest BCUT2D eigenvalue weighted by molar-refractivity contribution is 5.60. The van der Waals surface area contributed by atoms with Crippen molar-refractivity contribution in [3.63, 3.8) is 0 Å². The van der Waals surface area contributed by atoms with E-state index in [9.17, 15) is 5.11 Å². The summed E-state index contributed by atoms with van der Waals surface area (Å²) in [4.78, 5) is 2.48. The lowest BCUT2D eigenvalue weighted by Crippen LogP contribution is -2.49. The molecule has 1 aliphatic carbocycles. The van der Waals surface area contributed by atoms with Gasteiger partial charge in [-0.3, -0.25) is 0 Å². The van der Waals surface area contributed by atoms with Crippen LogP contribution in [0.15, 0.2) is 24.3 Å². The molecule has 2 heteroatoms. The molecule has 0 radical (unpaired) electrons. The van der Waals surface area contributed by atoms with Gasteiger partial charge >= 0.3 is 0 Å². The minimum Gasteiger partial charge on any atom is -0.388 e. The third-order valence-electron chi connectivity index (χ3n) is 4.84. The zero-order valence-corrected chi connectivity index (χ0v) is 12.1. The molecule has 1 saturated carbocycles. The molecule has 0 amide bonds. The van der Waals surface area contributed by atoms with Crippen molar-refractivity contribution in [2.45, 2.75) is 57.6 Å². The van der Waals surface area contributed by atoms with Crippen molar-refractivity contribution in [2.75, 3.05) is 11.4 Å². The van der Waals surface area contributed by atoms with E-state index in [1.165, 1.54) is 36.9 Å². The van der Waals surface area contributed by atoms with E-state index in [1.807, 2.05) is 13.8 Å². The van der Waals surface area contributed by atoms with Gasteiger partial charge in [-0.1, -0.05) is 31.0 Å². The maximum atomic E-state index is 10.5. The zero-order chi connectivity index (χ0) is 13.5. The van der Waals surface area contributed by atoms with Gasteiger partial charge in [0.05, 0.1) is 11.6 Å². The van der Waals surface area contributed by atoms with Crippen molar-refractivity contribution >= 4 is 5.69 Å². The van der Waals surface area contributed by atoms with Crippen molar-refractivity contribution in [3.8, 4) is 0 Å². The fourth-order valence-electron chi connectivity index (χ4n) is 3.78. The SMILES string of the molecule is CC(C)(O)C1Cc2ccccc2N1CC1CCCC1.